The monoisotopic (exact) mass is 291 g/mol. The maximum absolute atomic E-state index is 12.1. The first kappa shape index (κ1) is 13.7. The highest BCUT2D eigenvalue weighted by Gasteiger charge is 2.25. The minimum atomic E-state index is -3.57. The number of likely N-dealkylation sites (N-methyl/N-ethyl adjacent to an activating group) is 1. The molecule has 0 aliphatic carbocycles. The molecule has 1 unspecified atom stereocenters. The molecule has 1 aromatic heterocycles. The fourth-order valence-corrected chi connectivity index (χ4v) is 4.57. The van der Waals surface area contributed by atoms with Crippen LogP contribution in [0.2, 0.25) is 0 Å². The second-order valence-electron chi connectivity index (χ2n) is 4.56. The molecule has 0 saturated carbocycles. The van der Waals surface area contributed by atoms with Gasteiger partial charge in [0.25, 0.3) is 10.0 Å². The Labute approximate surface area is 110 Å². The molecule has 0 aromatic carbocycles. The maximum atomic E-state index is 12.1. The topological polar surface area (TPSA) is 82.3 Å². The van der Waals surface area contributed by atoms with E-state index < -0.39 is 10.0 Å². The van der Waals surface area contributed by atoms with Crippen LogP contribution >= 0.6 is 11.3 Å². The summed E-state index contributed by atoms with van der Waals surface area (Å²) in [6.07, 6.45) is 2.10. The van der Waals surface area contributed by atoms with E-state index in [2.05, 4.69) is 14.6 Å². The van der Waals surface area contributed by atoms with E-state index in [0.29, 0.717) is 12.2 Å². The molecule has 0 bridgehead atoms. The van der Waals surface area contributed by atoms with Crippen LogP contribution in [0.4, 0.5) is 0 Å². The highest BCUT2D eigenvalue weighted by atomic mass is 32.2. The van der Waals surface area contributed by atoms with E-state index in [0.717, 1.165) is 30.7 Å². The van der Waals surface area contributed by atoms with E-state index in [-0.39, 0.29) is 15.1 Å². The van der Waals surface area contributed by atoms with E-state index in [1.54, 1.807) is 6.92 Å². The normalized spacial score (nSPS) is 21.6. The number of nitrogens with zero attached hydrogens (tertiary/aromatic N) is 1. The first-order chi connectivity index (χ1) is 8.40. The maximum Gasteiger partial charge on any atom is 0.305 e. The van der Waals surface area contributed by atoms with E-state index in [1.807, 2.05) is 7.05 Å². The lowest BCUT2D eigenvalue weighted by atomic mass is 10.2. The fourth-order valence-electron chi connectivity index (χ4n) is 2.16. The third-order valence-corrected chi connectivity index (χ3v) is 6.23. The van der Waals surface area contributed by atoms with Crippen molar-refractivity contribution >= 4 is 21.4 Å². The molecule has 6 nitrogen and oxygen atoms in total. The molecule has 2 heterocycles. The van der Waals surface area contributed by atoms with Crippen LogP contribution < -0.4 is 9.60 Å². The van der Waals surface area contributed by atoms with Gasteiger partial charge in [0, 0.05) is 18.3 Å². The standard InChI is InChI=1S/C10H17N3O3S2/c1-7-9(17-10(14)12-7)18(15,16)11-6-8-4-3-5-13(8)2/h8,11H,3-6H2,1-2H3,(H,12,14). The van der Waals surface area contributed by atoms with Crippen molar-refractivity contribution in [1.82, 2.24) is 14.6 Å². The Balaban J connectivity index is 2.08. The summed E-state index contributed by atoms with van der Waals surface area (Å²) in [7, 11) is -1.58. The van der Waals surface area contributed by atoms with Crippen molar-refractivity contribution in [2.24, 2.45) is 0 Å². The Bertz CT molecular complexity index is 575. The molecule has 0 spiro atoms. The van der Waals surface area contributed by atoms with Crippen molar-refractivity contribution in [3.63, 3.8) is 0 Å². The molecule has 1 atom stereocenters. The van der Waals surface area contributed by atoms with Crippen LogP contribution in [0.25, 0.3) is 0 Å². The number of rotatable bonds is 4. The minimum Gasteiger partial charge on any atom is -0.315 e. The summed E-state index contributed by atoms with van der Waals surface area (Å²) in [5.74, 6) is 0. The number of aromatic amines is 1. The van der Waals surface area contributed by atoms with Gasteiger partial charge in [-0.15, -0.1) is 0 Å². The molecule has 0 amide bonds. The van der Waals surface area contributed by atoms with Gasteiger partial charge < -0.3 is 9.88 Å². The summed E-state index contributed by atoms with van der Waals surface area (Å²) in [6.45, 7) is 2.99. The molecule has 0 radical (unpaired) electrons. The van der Waals surface area contributed by atoms with Crippen molar-refractivity contribution in [2.45, 2.75) is 30.0 Å². The number of hydrogen-bond acceptors (Lipinski definition) is 5. The van der Waals surface area contributed by atoms with Crippen LogP contribution in [0.3, 0.4) is 0 Å². The molecule has 102 valence electrons. The lowest BCUT2D eigenvalue weighted by Gasteiger charge is -2.19. The fraction of sp³-hybridized carbons (Fsp3) is 0.700. The van der Waals surface area contributed by atoms with Gasteiger partial charge in [-0.25, -0.2) is 13.1 Å². The van der Waals surface area contributed by atoms with E-state index in [4.69, 9.17) is 0 Å². The molecule has 8 heteroatoms. The van der Waals surface area contributed by atoms with Gasteiger partial charge in [0.15, 0.2) is 4.21 Å². The lowest BCUT2D eigenvalue weighted by Crippen LogP contribution is -2.38. The van der Waals surface area contributed by atoms with Gasteiger partial charge in [-0.2, -0.15) is 0 Å². The number of H-pyrrole nitrogens is 1. The Morgan fingerprint density at radius 3 is 2.78 bits per heavy atom. The van der Waals surface area contributed by atoms with Gasteiger partial charge in [0.1, 0.15) is 0 Å². The first-order valence-electron chi connectivity index (χ1n) is 5.80. The van der Waals surface area contributed by atoms with Crippen LogP contribution in [-0.4, -0.2) is 44.5 Å². The summed E-state index contributed by atoms with van der Waals surface area (Å²) in [6, 6.07) is 0.246. The van der Waals surface area contributed by atoms with Crippen molar-refractivity contribution in [3.8, 4) is 0 Å². The Hall–Kier alpha value is -0.700. The molecule has 1 fully saturated rings. The van der Waals surface area contributed by atoms with Crippen molar-refractivity contribution in [3.05, 3.63) is 15.4 Å². The van der Waals surface area contributed by atoms with Crippen LogP contribution in [0.15, 0.2) is 9.00 Å². The van der Waals surface area contributed by atoms with Crippen LogP contribution in [0.5, 0.6) is 0 Å². The van der Waals surface area contributed by atoms with Crippen molar-refractivity contribution in [2.75, 3.05) is 20.1 Å². The van der Waals surface area contributed by atoms with Gasteiger partial charge in [-0.3, -0.25) is 4.79 Å². The van der Waals surface area contributed by atoms with Gasteiger partial charge in [-0.05, 0) is 33.4 Å². The van der Waals surface area contributed by atoms with Gasteiger partial charge in [0.2, 0.25) is 0 Å². The molecule has 1 aromatic rings. The molecule has 18 heavy (non-hydrogen) atoms. The SMILES string of the molecule is Cc1[nH]c(=O)sc1S(=O)(=O)NCC1CCCN1C. The number of likely N-dealkylation sites (tertiary alicyclic amines) is 1. The Kier molecular flexibility index (Phi) is 3.90. The number of nitrogens with one attached hydrogen (secondary N) is 2. The lowest BCUT2D eigenvalue weighted by molar-refractivity contribution is 0.311. The smallest absolute Gasteiger partial charge is 0.305 e. The van der Waals surface area contributed by atoms with Crippen LogP contribution in [-0.2, 0) is 10.0 Å². The third kappa shape index (κ3) is 2.82. The number of thiazole rings is 1. The summed E-state index contributed by atoms with van der Waals surface area (Å²) in [4.78, 5) is 15.4. The highest BCUT2D eigenvalue weighted by molar-refractivity contribution is 7.91. The molecular formula is C10H17N3O3S2. The minimum absolute atomic E-state index is 0.0909. The summed E-state index contributed by atoms with van der Waals surface area (Å²) in [5, 5.41) is 0. The molecule has 2 N–H and O–H groups in total. The molecular weight excluding hydrogens is 274 g/mol. The van der Waals surface area contributed by atoms with E-state index in [1.165, 1.54) is 0 Å². The predicted octanol–water partition coefficient (Wildman–Crippen LogP) is 0.117. The van der Waals surface area contributed by atoms with Crippen molar-refractivity contribution in [1.29, 1.82) is 0 Å². The predicted molar refractivity (Wildman–Crippen MR) is 70.5 cm³/mol. The number of aryl methyl sites for hydroxylation is 1. The van der Waals surface area contributed by atoms with Crippen LogP contribution in [0, 0.1) is 6.92 Å². The van der Waals surface area contributed by atoms with Gasteiger partial charge in [0.05, 0.1) is 0 Å². The number of aromatic nitrogens is 1. The third-order valence-electron chi connectivity index (χ3n) is 3.21. The highest BCUT2D eigenvalue weighted by Crippen LogP contribution is 2.17. The quantitative estimate of drug-likeness (QED) is 0.825. The average molecular weight is 291 g/mol. The number of sulfonamides is 1. The van der Waals surface area contributed by atoms with Crippen molar-refractivity contribution < 1.29 is 8.42 Å². The average Bonchev–Trinajstić information content (AvgIpc) is 2.82. The zero-order valence-electron chi connectivity index (χ0n) is 10.4. The number of hydrogen-bond donors (Lipinski definition) is 2. The summed E-state index contributed by atoms with van der Waals surface area (Å²) >= 11 is 0.729. The van der Waals surface area contributed by atoms with Gasteiger partial charge in [-0.1, -0.05) is 11.3 Å². The largest absolute Gasteiger partial charge is 0.315 e. The summed E-state index contributed by atoms with van der Waals surface area (Å²) < 4.78 is 26.8. The molecule has 1 aliphatic heterocycles. The summed E-state index contributed by atoms with van der Waals surface area (Å²) in [5.41, 5.74) is 0.400. The van der Waals surface area contributed by atoms with E-state index >= 15 is 0 Å². The first-order valence-corrected chi connectivity index (χ1v) is 8.10. The Morgan fingerprint density at radius 1 is 1.56 bits per heavy atom. The molecule has 1 saturated heterocycles. The van der Waals surface area contributed by atoms with Gasteiger partial charge >= 0.3 is 4.87 Å². The zero-order chi connectivity index (χ0) is 13.3. The zero-order valence-corrected chi connectivity index (χ0v) is 12.0. The van der Waals surface area contributed by atoms with E-state index in [9.17, 15) is 13.2 Å². The second kappa shape index (κ2) is 5.12. The van der Waals surface area contributed by atoms with Crippen LogP contribution in [0.1, 0.15) is 18.5 Å². The Morgan fingerprint density at radius 2 is 2.28 bits per heavy atom. The molecule has 1 aliphatic rings. The molecule has 2 rings (SSSR count). The second-order valence-corrected chi connectivity index (χ2v) is 7.50.